The molecular weight excluding hydrogens is 314 g/mol. The van der Waals surface area contributed by atoms with Crippen molar-refractivity contribution >= 4 is 17.6 Å². The number of hydrogen-bond donors (Lipinski definition) is 2. The third-order valence-electron chi connectivity index (χ3n) is 6.92. The second kappa shape index (κ2) is 5.58. The molecule has 0 radical (unpaired) electrons. The number of carboxylic acids is 1. The van der Waals surface area contributed by atoms with Crippen LogP contribution in [0.4, 0.5) is 5.69 Å². The van der Waals surface area contributed by atoms with Crippen LogP contribution in [0, 0.1) is 23.2 Å². The van der Waals surface area contributed by atoms with E-state index >= 15 is 0 Å². The van der Waals surface area contributed by atoms with Crippen molar-refractivity contribution in [2.24, 2.45) is 23.2 Å². The predicted molar refractivity (Wildman–Crippen MR) is 96.3 cm³/mol. The predicted octanol–water partition coefficient (Wildman–Crippen LogP) is 4.20. The highest BCUT2D eigenvalue weighted by atomic mass is 16.4. The molecule has 4 saturated carbocycles. The molecule has 0 spiro atoms. The van der Waals surface area contributed by atoms with Gasteiger partial charge in [-0.15, -0.1) is 0 Å². The van der Waals surface area contributed by atoms with Crippen LogP contribution in [0.15, 0.2) is 24.3 Å². The van der Waals surface area contributed by atoms with Crippen LogP contribution in [-0.2, 0) is 15.0 Å². The number of anilines is 1. The molecule has 4 nitrogen and oxygen atoms in total. The fraction of sp³-hybridized carbons (Fsp3) is 0.619. The number of carbonyl (C=O) groups is 2. The smallest absolute Gasteiger partial charge is 0.313 e. The summed E-state index contributed by atoms with van der Waals surface area (Å²) in [7, 11) is 0. The van der Waals surface area contributed by atoms with Gasteiger partial charge in [0.25, 0.3) is 0 Å². The second-order valence-corrected chi connectivity index (χ2v) is 9.16. The van der Waals surface area contributed by atoms with E-state index in [0.717, 1.165) is 48.3 Å². The lowest BCUT2D eigenvalue weighted by Crippen LogP contribution is -2.51. The molecule has 4 aliphatic carbocycles. The van der Waals surface area contributed by atoms with Crippen LogP contribution in [0.3, 0.4) is 0 Å². The van der Waals surface area contributed by atoms with Gasteiger partial charge in [-0.05, 0) is 87.8 Å². The van der Waals surface area contributed by atoms with E-state index in [1.165, 1.54) is 19.3 Å². The number of amides is 1. The Morgan fingerprint density at radius 2 is 1.48 bits per heavy atom. The van der Waals surface area contributed by atoms with Crippen molar-refractivity contribution in [3.05, 3.63) is 29.8 Å². The quantitative estimate of drug-likeness (QED) is 0.862. The Kier molecular flexibility index (Phi) is 3.71. The molecule has 1 aromatic rings. The van der Waals surface area contributed by atoms with Gasteiger partial charge < -0.3 is 10.4 Å². The van der Waals surface area contributed by atoms with E-state index in [0.29, 0.717) is 0 Å². The van der Waals surface area contributed by atoms with E-state index in [2.05, 4.69) is 5.32 Å². The van der Waals surface area contributed by atoms with Crippen LogP contribution >= 0.6 is 0 Å². The summed E-state index contributed by atoms with van der Waals surface area (Å²) < 4.78 is 0. The monoisotopic (exact) mass is 341 g/mol. The van der Waals surface area contributed by atoms with Gasteiger partial charge in [0.05, 0.1) is 10.8 Å². The van der Waals surface area contributed by atoms with Crippen molar-refractivity contribution in [1.29, 1.82) is 0 Å². The first kappa shape index (κ1) is 16.6. The Balaban J connectivity index is 1.49. The third-order valence-corrected chi connectivity index (χ3v) is 6.92. The molecule has 0 heterocycles. The van der Waals surface area contributed by atoms with E-state index in [1.807, 2.05) is 24.3 Å². The number of rotatable bonds is 4. The van der Waals surface area contributed by atoms with Crippen LogP contribution < -0.4 is 5.32 Å². The zero-order valence-corrected chi connectivity index (χ0v) is 15.0. The van der Waals surface area contributed by atoms with Crippen molar-refractivity contribution in [2.75, 3.05) is 5.32 Å². The van der Waals surface area contributed by atoms with Gasteiger partial charge >= 0.3 is 5.97 Å². The van der Waals surface area contributed by atoms with Crippen molar-refractivity contribution in [3.63, 3.8) is 0 Å². The zero-order valence-electron chi connectivity index (χ0n) is 15.0. The summed E-state index contributed by atoms with van der Waals surface area (Å²) in [5, 5.41) is 12.5. The molecule has 134 valence electrons. The molecule has 1 aromatic carbocycles. The lowest BCUT2D eigenvalue weighted by atomic mass is 9.49. The Labute approximate surface area is 149 Å². The normalized spacial score (nSPS) is 33.3. The zero-order chi connectivity index (χ0) is 17.8. The van der Waals surface area contributed by atoms with Crippen molar-refractivity contribution < 1.29 is 14.7 Å². The Morgan fingerprint density at radius 1 is 1.00 bits per heavy atom. The molecule has 4 bridgehead atoms. The number of hydrogen-bond acceptors (Lipinski definition) is 2. The maximum Gasteiger partial charge on any atom is 0.313 e. The molecule has 5 rings (SSSR count). The standard InChI is InChI=1S/C21H27NO3/c1-20(2,19(24)25)16-3-5-17(6-4-16)22-18(23)21-10-13-7-14(11-21)9-15(8-13)12-21/h3-6,13-15H,7-12H2,1-2H3,(H,22,23)(H,24,25). The minimum atomic E-state index is -0.928. The molecular formula is C21H27NO3. The summed E-state index contributed by atoms with van der Waals surface area (Å²) >= 11 is 0. The first-order chi connectivity index (χ1) is 11.8. The van der Waals surface area contributed by atoms with Crippen LogP contribution in [0.5, 0.6) is 0 Å². The van der Waals surface area contributed by atoms with Gasteiger partial charge in [-0.1, -0.05) is 12.1 Å². The second-order valence-electron chi connectivity index (χ2n) is 9.16. The Hall–Kier alpha value is -1.84. The average molecular weight is 341 g/mol. The van der Waals surface area contributed by atoms with E-state index in [9.17, 15) is 14.7 Å². The maximum absolute atomic E-state index is 13.1. The van der Waals surface area contributed by atoms with E-state index in [4.69, 9.17) is 0 Å². The van der Waals surface area contributed by atoms with Gasteiger partial charge in [-0.25, -0.2) is 0 Å². The number of nitrogens with one attached hydrogen (secondary N) is 1. The largest absolute Gasteiger partial charge is 0.481 e. The molecule has 4 heteroatoms. The van der Waals surface area contributed by atoms with Gasteiger partial charge in [-0.3, -0.25) is 9.59 Å². The number of carboxylic acid groups (broad SMARTS) is 1. The van der Waals surface area contributed by atoms with Crippen LogP contribution in [0.2, 0.25) is 0 Å². The SMILES string of the molecule is CC(C)(C(=O)O)c1ccc(NC(=O)C23CC4CC(CC(C4)C2)C3)cc1. The third kappa shape index (κ3) is 2.76. The molecule has 25 heavy (non-hydrogen) atoms. The van der Waals surface area contributed by atoms with Crippen molar-refractivity contribution in [3.8, 4) is 0 Å². The van der Waals surface area contributed by atoms with Gasteiger partial charge in [0.15, 0.2) is 0 Å². The number of benzene rings is 1. The highest BCUT2D eigenvalue weighted by molar-refractivity contribution is 5.95. The van der Waals surface area contributed by atoms with E-state index < -0.39 is 11.4 Å². The fourth-order valence-corrected chi connectivity index (χ4v) is 5.75. The highest BCUT2D eigenvalue weighted by Crippen LogP contribution is 2.60. The van der Waals surface area contributed by atoms with Gasteiger partial charge in [-0.2, -0.15) is 0 Å². The van der Waals surface area contributed by atoms with E-state index in [-0.39, 0.29) is 11.3 Å². The Morgan fingerprint density at radius 3 is 1.92 bits per heavy atom. The summed E-state index contributed by atoms with van der Waals surface area (Å²) in [5.41, 5.74) is 0.425. The van der Waals surface area contributed by atoms with Crippen LogP contribution in [0.1, 0.15) is 57.9 Å². The molecule has 0 aliphatic heterocycles. The summed E-state index contributed by atoms with van der Waals surface area (Å²) in [6.45, 7) is 3.39. The average Bonchev–Trinajstić information content (AvgIpc) is 2.54. The summed E-state index contributed by atoms with van der Waals surface area (Å²) in [5.74, 6) is 1.57. The molecule has 0 saturated heterocycles. The minimum Gasteiger partial charge on any atom is -0.481 e. The van der Waals surface area contributed by atoms with Crippen LogP contribution in [-0.4, -0.2) is 17.0 Å². The fourth-order valence-electron chi connectivity index (χ4n) is 5.75. The van der Waals surface area contributed by atoms with Gasteiger partial charge in [0, 0.05) is 5.69 Å². The van der Waals surface area contributed by atoms with Crippen molar-refractivity contribution in [2.45, 2.75) is 57.8 Å². The van der Waals surface area contributed by atoms with E-state index in [1.54, 1.807) is 13.8 Å². The summed E-state index contributed by atoms with van der Waals surface area (Å²) in [4.78, 5) is 24.4. The van der Waals surface area contributed by atoms with Gasteiger partial charge in [0.1, 0.15) is 0 Å². The topological polar surface area (TPSA) is 66.4 Å². The Bertz CT molecular complexity index is 669. The van der Waals surface area contributed by atoms with Crippen LogP contribution in [0.25, 0.3) is 0 Å². The molecule has 0 unspecified atom stereocenters. The first-order valence-electron chi connectivity index (χ1n) is 9.44. The first-order valence-corrected chi connectivity index (χ1v) is 9.44. The minimum absolute atomic E-state index is 0.159. The van der Waals surface area contributed by atoms with Gasteiger partial charge in [0.2, 0.25) is 5.91 Å². The number of aliphatic carboxylic acids is 1. The summed E-state index contributed by atoms with van der Waals surface area (Å²) in [6.07, 6.45) is 7.13. The molecule has 2 N–H and O–H groups in total. The highest BCUT2D eigenvalue weighted by Gasteiger charge is 2.54. The molecule has 0 aromatic heterocycles. The van der Waals surface area contributed by atoms with Crippen molar-refractivity contribution in [1.82, 2.24) is 0 Å². The summed E-state index contributed by atoms with van der Waals surface area (Å²) in [6, 6.07) is 7.28. The molecule has 0 atom stereocenters. The lowest BCUT2D eigenvalue weighted by Gasteiger charge is -2.55. The molecule has 4 aliphatic rings. The number of carbonyl (C=O) groups excluding carboxylic acids is 1. The maximum atomic E-state index is 13.1. The molecule has 1 amide bonds. The molecule has 4 fully saturated rings. The lowest BCUT2D eigenvalue weighted by molar-refractivity contribution is -0.142.